The third-order valence-electron chi connectivity index (χ3n) is 3.27. The van der Waals surface area contributed by atoms with E-state index in [1.807, 2.05) is 60.7 Å². The molecule has 22 heavy (non-hydrogen) atoms. The molecule has 3 rings (SSSR count). The van der Waals surface area contributed by atoms with Gasteiger partial charge in [0.05, 0.1) is 0 Å². The van der Waals surface area contributed by atoms with E-state index in [-0.39, 0.29) is 0 Å². The average Bonchev–Trinajstić information content (AvgIpc) is 2.56. The lowest BCUT2D eigenvalue weighted by Crippen LogP contribution is -1.85. The molecule has 0 aliphatic heterocycles. The standard InChI is InChI=1S/C20H12BrCl/c21-20-9-5-4-8-17(20)11-10-16-12-13-18(22)14-19(16)15-6-2-1-3-7-15/h1-9,12-14H. The lowest BCUT2D eigenvalue weighted by Gasteiger charge is -2.05. The van der Waals surface area contributed by atoms with E-state index < -0.39 is 0 Å². The van der Waals surface area contributed by atoms with Gasteiger partial charge in [0.25, 0.3) is 0 Å². The number of benzene rings is 3. The molecule has 0 saturated carbocycles. The van der Waals surface area contributed by atoms with Crippen LogP contribution in [0.25, 0.3) is 11.1 Å². The van der Waals surface area contributed by atoms with E-state index in [0.717, 1.165) is 26.7 Å². The Hall–Kier alpha value is -2.01. The molecule has 0 aromatic heterocycles. The van der Waals surface area contributed by atoms with Crippen LogP contribution in [0.5, 0.6) is 0 Å². The molecule has 0 radical (unpaired) electrons. The highest BCUT2D eigenvalue weighted by atomic mass is 79.9. The zero-order valence-electron chi connectivity index (χ0n) is 11.7. The molecule has 0 amide bonds. The molecule has 0 aliphatic rings. The molecule has 2 heteroatoms. The van der Waals surface area contributed by atoms with Crippen LogP contribution in [0, 0.1) is 11.8 Å². The first-order valence-electron chi connectivity index (χ1n) is 6.85. The fourth-order valence-corrected chi connectivity index (χ4v) is 2.74. The minimum absolute atomic E-state index is 0.713. The zero-order chi connectivity index (χ0) is 15.4. The number of hydrogen-bond donors (Lipinski definition) is 0. The molecule has 0 aliphatic carbocycles. The Labute approximate surface area is 143 Å². The minimum atomic E-state index is 0.713. The molecule has 0 nitrogen and oxygen atoms in total. The third-order valence-corrected chi connectivity index (χ3v) is 4.20. The molecule has 0 heterocycles. The molecular weight excluding hydrogens is 356 g/mol. The van der Waals surface area contributed by atoms with Crippen LogP contribution in [0.2, 0.25) is 5.02 Å². The molecule has 0 atom stereocenters. The van der Waals surface area contributed by atoms with Crippen LogP contribution in [0.4, 0.5) is 0 Å². The van der Waals surface area contributed by atoms with Gasteiger partial charge < -0.3 is 0 Å². The van der Waals surface area contributed by atoms with Crippen molar-refractivity contribution in [3.8, 4) is 23.0 Å². The van der Waals surface area contributed by atoms with Gasteiger partial charge in [-0.15, -0.1) is 0 Å². The van der Waals surface area contributed by atoms with Gasteiger partial charge in [-0.05, 0) is 57.4 Å². The quantitative estimate of drug-likeness (QED) is 0.451. The third kappa shape index (κ3) is 3.42. The van der Waals surface area contributed by atoms with Crippen molar-refractivity contribution in [2.24, 2.45) is 0 Å². The lowest BCUT2D eigenvalue weighted by molar-refractivity contribution is 1.57. The van der Waals surface area contributed by atoms with Gasteiger partial charge in [0.2, 0.25) is 0 Å². The molecule has 3 aromatic carbocycles. The summed E-state index contributed by atoms with van der Waals surface area (Å²) in [6.07, 6.45) is 0. The first-order chi connectivity index (χ1) is 10.7. The molecule has 0 N–H and O–H groups in total. The van der Waals surface area contributed by atoms with Gasteiger partial charge >= 0.3 is 0 Å². The summed E-state index contributed by atoms with van der Waals surface area (Å²) in [6, 6.07) is 23.9. The first-order valence-corrected chi connectivity index (χ1v) is 8.02. The van der Waals surface area contributed by atoms with Crippen LogP contribution in [-0.4, -0.2) is 0 Å². The molecule has 0 unspecified atom stereocenters. The second kappa shape index (κ2) is 6.83. The van der Waals surface area contributed by atoms with Gasteiger partial charge in [-0.1, -0.05) is 65.9 Å². The zero-order valence-corrected chi connectivity index (χ0v) is 14.0. The van der Waals surface area contributed by atoms with Crippen LogP contribution < -0.4 is 0 Å². The molecular formula is C20H12BrCl. The summed E-state index contributed by atoms with van der Waals surface area (Å²) < 4.78 is 0.998. The largest absolute Gasteiger partial charge is 0.0843 e. The summed E-state index contributed by atoms with van der Waals surface area (Å²) in [5.74, 6) is 6.48. The summed E-state index contributed by atoms with van der Waals surface area (Å²) >= 11 is 9.67. The average molecular weight is 368 g/mol. The Bertz CT molecular complexity index is 858. The number of rotatable bonds is 1. The van der Waals surface area contributed by atoms with E-state index in [9.17, 15) is 0 Å². The van der Waals surface area contributed by atoms with E-state index >= 15 is 0 Å². The molecule has 106 valence electrons. The normalized spacial score (nSPS) is 9.91. The Balaban J connectivity index is 2.08. The Morgan fingerprint density at radius 3 is 2.18 bits per heavy atom. The summed E-state index contributed by atoms with van der Waals surface area (Å²) in [5.41, 5.74) is 4.09. The maximum absolute atomic E-state index is 6.15. The Morgan fingerprint density at radius 1 is 0.727 bits per heavy atom. The number of halogens is 2. The number of hydrogen-bond acceptors (Lipinski definition) is 0. The van der Waals surface area contributed by atoms with E-state index in [1.165, 1.54) is 0 Å². The van der Waals surface area contributed by atoms with Crippen molar-refractivity contribution in [1.29, 1.82) is 0 Å². The van der Waals surface area contributed by atoms with Crippen molar-refractivity contribution in [2.45, 2.75) is 0 Å². The second-order valence-electron chi connectivity index (χ2n) is 4.79. The Morgan fingerprint density at radius 2 is 1.41 bits per heavy atom. The smallest absolute Gasteiger partial charge is 0.0413 e. The van der Waals surface area contributed by atoms with Crippen molar-refractivity contribution in [1.82, 2.24) is 0 Å². The Kier molecular flexibility index (Phi) is 4.63. The van der Waals surface area contributed by atoms with Gasteiger partial charge in [0.15, 0.2) is 0 Å². The molecule has 0 saturated heterocycles. The lowest BCUT2D eigenvalue weighted by atomic mass is 10.00. The van der Waals surface area contributed by atoms with Crippen molar-refractivity contribution in [3.05, 3.63) is 93.4 Å². The van der Waals surface area contributed by atoms with Crippen molar-refractivity contribution >= 4 is 27.5 Å². The second-order valence-corrected chi connectivity index (χ2v) is 6.08. The van der Waals surface area contributed by atoms with E-state index in [0.29, 0.717) is 5.02 Å². The molecule has 0 fully saturated rings. The maximum Gasteiger partial charge on any atom is 0.0413 e. The predicted molar refractivity (Wildman–Crippen MR) is 97.0 cm³/mol. The van der Waals surface area contributed by atoms with Gasteiger partial charge in [0.1, 0.15) is 0 Å². The molecule has 0 bridgehead atoms. The molecule has 3 aromatic rings. The highest BCUT2D eigenvalue weighted by Crippen LogP contribution is 2.26. The van der Waals surface area contributed by atoms with Gasteiger partial charge in [-0.2, -0.15) is 0 Å². The highest BCUT2D eigenvalue weighted by molar-refractivity contribution is 9.10. The maximum atomic E-state index is 6.15. The fourth-order valence-electron chi connectivity index (χ4n) is 2.18. The van der Waals surface area contributed by atoms with Gasteiger partial charge in [-0.3, -0.25) is 0 Å². The summed E-state index contributed by atoms with van der Waals surface area (Å²) in [7, 11) is 0. The van der Waals surface area contributed by atoms with E-state index in [4.69, 9.17) is 11.6 Å². The highest BCUT2D eigenvalue weighted by Gasteiger charge is 2.04. The van der Waals surface area contributed by atoms with E-state index in [2.05, 4.69) is 39.9 Å². The van der Waals surface area contributed by atoms with Crippen molar-refractivity contribution in [3.63, 3.8) is 0 Å². The van der Waals surface area contributed by atoms with Crippen molar-refractivity contribution in [2.75, 3.05) is 0 Å². The van der Waals surface area contributed by atoms with Crippen LogP contribution in [0.3, 0.4) is 0 Å². The van der Waals surface area contributed by atoms with Crippen LogP contribution >= 0.6 is 27.5 Å². The van der Waals surface area contributed by atoms with Crippen LogP contribution in [0.1, 0.15) is 11.1 Å². The summed E-state index contributed by atoms with van der Waals surface area (Å²) in [6.45, 7) is 0. The topological polar surface area (TPSA) is 0 Å². The van der Waals surface area contributed by atoms with E-state index in [1.54, 1.807) is 0 Å². The minimum Gasteiger partial charge on any atom is -0.0843 e. The van der Waals surface area contributed by atoms with Crippen molar-refractivity contribution < 1.29 is 0 Å². The van der Waals surface area contributed by atoms with Crippen LogP contribution in [0.15, 0.2) is 77.3 Å². The van der Waals surface area contributed by atoms with Gasteiger partial charge in [-0.25, -0.2) is 0 Å². The molecule has 0 spiro atoms. The predicted octanol–water partition coefficient (Wildman–Crippen LogP) is 6.17. The first kappa shape index (κ1) is 14.9. The van der Waals surface area contributed by atoms with Crippen LogP contribution in [-0.2, 0) is 0 Å². The summed E-state index contributed by atoms with van der Waals surface area (Å²) in [5, 5.41) is 0.713. The summed E-state index contributed by atoms with van der Waals surface area (Å²) in [4.78, 5) is 0. The fraction of sp³-hybridized carbons (Fsp3) is 0. The monoisotopic (exact) mass is 366 g/mol. The SMILES string of the molecule is Clc1ccc(C#Cc2ccccc2Br)c(-c2ccccc2)c1. The van der Waals surface area contributed by atoms with Gasteiger partial charge in [0, 0.05) is 20.6 Å².